The number of nitrogens with zero attached hydrogens (tertiary/aromatic N) is 2. The van der Waals surface area contributed by atoms with Gasteiger partial charge in [-0.25, -0.2) is 0 Å². The van der Waals surface area contributed by atoms with Crippen molar-refractivity contribution < 1.29 is 19.1 Å². The molecule has 0 saturated carbocycles. The molecule has 1 N–H and O–H groups in total. The Labute approximate surface area is 162 Å². The van der Waals surface area contributed by atoms with Crippen LogP contribution in [0.1, 0.15) is 26.3 Å². The van der Waals surface area contributed by atoms with Gasteiger partial charge in [-0.15, -0.1) is 0 Å². The summed E-state index contributed by atoms with van der Waals surface area (Å²) in [5.74, 6) is -0.166. The number of carbonyl (C=O) groups is 2. The van der Waals surface area contributed by atoms with Crippen LogP contribution in [0.2, 0.25) is 0 Å². The largest absolute Gasteiger partial charge is 0.383 e. The highest BCUT2D eigenvalue weighted by molar-refractivity contribution is 5.92. The van der Waals surface area contributed by atoms with E-state index < -0.39 is 5.41 Å². The summed E-state index contributed by atoms with van der Waals surface area (Å²) in [6, 6.07) is 5.68. The number of anilines is 2. The number of hydrogen-bond donors (Lipinski definition) is 1. The first-order chi connectivity index (χ1) is 12.6. The van der Waals surface area contributed by atoms with E-state index in [9.17, 15) is 9.59 Å². The number of benzene rings is 1. The van der Waals surface area contributed by atoms with Crippen molar-refractivity contribution >= 4 is 23.2 Å². The number of rotatable bonds is 9. The molecule has 0 unspecified atom stereocenters. The fraction of sp³-hybridized carbons (Fsp3) is 0.600. The SMILES string of the molecule is COCCN(Cc1cc(NC(=O)COC)ccc1N(C)C)C(=O)C(C)(C)C. The van der Waals surface area contributed by atoms with Gasteiger partial charge in [-0.3, -0.25) is 9.59 Å². The maximum atomic E-state index is 12.9. The van der Waals surface area contributed by atoms with Gasteiger partial charge in [-0.1, -0.05) is 20.8 Å². The van der Waals surface area contributed by atoms with Crippen molar-refractivity contribution in [2.24, 2.45) is 5.41 Å². The van der Waals surface area contributed by atoms with Crippen molar-refractivity contribution in [1.82, 2.24) is 4.90 Å². The van der Waals surface area contributed by atoms with Crippen LogP contribution >= 0.6 is 0 Å². The summed E-state index contributed by atoms with van der Waals surface area (Å²) in [5, 5.41) is 2.81. The van der Waals surface area contributed by atoms with E-state index in [1.54, 1.807) is 12.0 Å². The molecule has 0 spiro atoms. The topological polar surface area (TPSA) is 71.1 Å². The lowest BCUT2D eigenvalue weighted by atomic mass is 9.94. The molecule has 1 aromatic carbocycles. The summed E-state index contributed by atoms with van der Waals surface area (Å²) in [5.41, 5.74) is 2.12. The second-order valence-corrected chi connectivity index (χ2v) is 7.69. The highest BCUT2D eigenvalue weighted by Crippen LogP contribution is 2.26. The van der Waals surface area contributed by atoms with Crippen molar-refractivity contribution in [3.05, 3.63) is 23.8 Å². The molecular weight excluding hydrogens is 346 g/mol. The first kappa shape index (κ1) is 22.9. The summed E-state index contributed by atoms with van der Waals surface area (Å²) < 4.78 is 10.0. The van der Waals surface area contributed by atoms with Gasteiger partial charge in [-0.05, 0) is 23.8 Å². The quantitative estimate of drug-likeness (QED) is 0.713. The highest BCUT2D eigenvalue weighted by Gasteiger charge is 2.27. The molecule has 0 aliphatic rings. The predicted octanol–water partition coefficient (Wildman–Crippen LogP) is 2.36. The molecule has 0 fully saturated rings. The van der Waals surface area contributed by atoms with Gasteiger partial charge in [0.15, 0.2) is 0 Å². The van der Waals surface area contributed by atoms with Gasteiger partial charge in [0.05, 0.1) is 6.61 Å². The molecule has 1 rings (SSSR count). The number of nitrogens with one attached hydrogen (secondary N) is 1. The second kappa shape index (κ2) is 10.3. The van der Waals surface area contributed by atoms with Crippen LogP contribution in [-0.4, -0.2) is 64.8 Å². The molecule has 0 aromatic heterocycles. The Hall–Kier alpha value is -2.12. The lowest BCUT2D eigenvalue weighted by Gasteiger charge is -2.31. The van der Waals surface area contributed by atoms with Crippen LogP contribution < -0.4 is 10.2 Å². The molecule has 0 saturated heterocycles. The molecule has 0 radical (unpaired) electrons. The fourth-order valence-corrected chi connectivity index (χ4v) is 2.69. The number of methoxy groups -OCH3 is 2. The second-order valence-electron chi connectivity index (χ2n) is 7.69. The predicted molar refractivity (Wildman–Crippen MR) is 108 cm³/mol. The van der Waals surface area contributed by atoms with Gasteiger partial charge in [0.2, 0.25) is 11.8 Å². The number of carbonyl (C=O) groups excluding carboxylic acids is 2. The van der Waals surface area contributed by atoms with Crippen LogP contribution in [0.3, 0.4) is 0 Å². The Kier molecular flexibility index (Phi) is 8.72. The third-order valence-electron chi connectivity index (χ3n) is 3.98. The summed E-state index contributed by atoms with van der Waals surface area (Å²) in [7, 11) is 7.00. The molecule has 7 heteroatoms. The summed E-state index contributed by atoms with van der Waals surface area (Å²) >= 11 is 0. The molecule has 0 heterocycles. The van der Waals surface area contributed by atoms with Crippen LogP contribution in [0.25, 0.3) is 0 Å². The minimum absolute atomic E-state index is 0.00671. The monoisotopic (exact) mass is 379 g/mol. The maximum Gasteiger partial charge on any atom is 0.250 e. The van der Waals surface area contributed by atoms with E-state index in [1.807, 2.05) is 58.0 Å². The van der Waals surface area contributed by atoms with Gasteiger partial charge >= 0.3 is 0 Å². The van der Waals surface area contributed by atoms with Gasteiger partial charge < -0.3 is 24.6 Å². The Morgan fingerprint density at radius 1 is 1.11 bits per heavy atom. The molecule has 2 amide bonds. The Morgan fingerprint density at radius 2 is 1.78 bits per heavy atom. The Bertz CT molecular complexity index is 639. The van der Waals surface area contributed by atoms with Gasteiger partial charge in [0.25, 0.3) is 0 Å². The lowest BCUT2D eigenvalue weighted by Crippen LogP contribution is -2.41. The third kappa shape index (κ3) is 7.19. The molecule has 0 aliphatic heterocycles. The first-order valence-electron chi connectivity index (χ1n) is 8.97. The van der Waals surface area contributed by atoms with Crippen molar-refractivity contribution in [1.29, 1.82) is 0 Å². The summed E-state index contributed by atoms with van der Waals surface area (Å²) in [6.07, 6.45) is 0. The number of amides is 2. The van der Waals surface area contributed by atoms with Crippen molar-refractivity contribution in [2.75, 3.05) is 58.3 Å². The van der Waals surface area contributed by atoms with Crippen LogP contribution in [0.5, 0.6) is 0 Å². The van der Waals surface area contributed by atoms with Crippen molar-refractivity contribution in [3.63, 3.8) is 0 Å². The minimum atomic E-state index is -0.490. The summed E-state index contributed by atoms with van der Waals surface area (Å²) in [4.78, 5) is 28.5. The van der Waals surface area contributed by atoms with Crippen LogP contribution in [0, 0.1) is 5.41 Å². The van der Waals surface area contributed by atoms with Gasteiger partial charge in [0.1, 0.15) is 6.61 Å². The molecule has 27 heavy (non-hydrogen) atoms. The standard InChI is InChI=1S/C20H33N3O4/c1-20(2,3)19(25)23(10-11-26-6)13-15-12-16(21-18(24)14-27-7)8-9-17(15)22(4)5/h8-9,12H,10-11,13-14H2,1-7H3,(H,21,24). The molecular formula is C20H33N3O4. The molecule has 0 aliphatic carbocycles. The molecule has 0 atom stereocenters. The first-order valence-corrected chi connectivity index (χ1v) is 8.97. The zero-order valence-corrected chi connectivity index (χ0v) is 17.6. The van der Waals surface area contributed by atoms with Crippen LogP contribution in [0.4, 0.5) is 11.4 Å². The normalized spacial score (nSPS) is 11.2. The Morgan fingerprint density at radius 3 is 2.30 bits per heavy atom. The number of ether oxygens (including phenoxy) is 2. The minimum Gasteiger partial charge on any atom is -0.383 e. The van der Waals surface area contributed by atoms with Crippen LogP contribution in [-0.2, 0) is 25.6 Å². The molecule has 152 valence electrons. The fourth-order valence-electron chi connectivity index (χ4n) is 2.69. The van der Waals surface area contributed by atoms with E-state index >= 15 is 0 Å². The Balaban J connectivity index is 3.16. The van der Waals surface area contributed by atoms with E-state index in [0.717, 1.165) is 11.3 Å². The van der Waals surface area contributed by atoms with Gasteiger partial charge in [-0.2, -0.15) is 0 Å². The number of hydrogen-bond acceptors (Lipinski definition) is 5. The summed E-state index contributed by atoms with van der Waals surface area (Å²) in [6.45, 7) is 7.10. The van der Waals surface area contributed by atoms with Crippen molar-refractivity contribution in [3.8, 4) is 0 Å². The van der Waals surface area contributed by atoms with E-state index in [4.69, 9.17) is 9.47 Å². The molecule has 7 nitrogen and oxygen atoms in total. The third-order valence-corrected chi connectivity index (χ3v) is 3.98. The zero-order chi connectivity index (χ0) is 20.6. The average molecular weight is 380 g/mol. The zero-order valence-electron chi connectivity index (χ0n) is 17.6. The van der Waals surface area contributed by atoms with E-state index in [1.165, 1.54) is 7.11 Å². The van der Waals surface area contributed by atoms with E-state index in [2.05, 4.69) is 5.32 Å². The molecule has 0 bridgehead atoms. The lowest BCUT2D eigenvalue weighted by molar-refractivity contribution is -0.140. The van der Waals surface area contributed by atoms with Crippen LogP contribution in [0.15, 0.2) is 18.2 Å². The van der Waals surface area contributed by atoms with Gasteiger partial charge in [0, 0.05) is 58.2 Å². The van der Waals surface area contributed by atoms with E-state index in [0.29, 0.717) is 25.4 Å². The average Bonchev–Trinajstić information content (AvgIpc) is 2.57. The molecule has 1 aromatic rings. The highest BCUT2D eigenvalue weighted by atomic mass is 16.5. The smallest absolute Gasteiger partial charge is 0.250 e. The van der Waals surface area contributed by atoms with E-state index in [-0.39, 0.29) is 18.4 Å². The van der Waals surface area contributed by atoms with Crippen molar-refractivity contribution in [2.45, 2.75) is 27.3 Å². The maximum absolute atomic E-state index is 12.9.